The normalized spacial score (nSPS) is 14.9. The van der Waals surface area contributed by atoms with Crippen LogP contribution in [0.3, 0.4) is 0 Å². The zero-order valence-corrected chi connectivity index (χ0v) is 14.2. The van der Waals surface area contributed by atoms with Crippen molar-refractivity contribution in [2.24, 2.45) is 0 Å². The molecule has 0 radical (unpaired) electrons. The molecule has 0 spiro atoms. The fourth-order valence-corrected chi connectivity index (χ4v) is 2.65. The van der Waals surface area contributed by atoms with Crippen LogP contribution in [0.15, 0.2) is 40.3 Å². The van der Waals surface area contributed by atoms with Crippen molar-refractivity contribution in [3.63, 3.8) is 0 Å². The van der Waals surface area contributed by atoms with Crippen LogP contribution >= 0.6 is 23.8 Å². The third kappa shape index (κ3) is 3.63. The SMILES string of the molecule is O=C1NC(=S)NC(=O)C1=Cc1ccc(-c2ccc(Cl)cc2C(F)(F)F)o1. The standard InChI is InChI=1S/C16H8ClF3N2O3S/c17-7-1-3-9(11(5-7)16(18,19)20)12-4-2-8(25-12)6-10-13(23)21-15(26)22-14(10)24/h1-6H,(H2,21,22,23,24,26). The van der Waals surface area contributed by atoms with E-state index >= 15 is 0 Å². The molecule has 2 heterocycles. The predicted octanol–water partition coefficient (Wildman–Crippen LogP) is 3.53. The minimum absolute atomic E-state index is 0.0243. The zero-order valence-electron chi connectivity index (χ0n) is 12.6. The first-order chi connectivity index (χ1) is 12.1. The lowest BCUT2D eigenvalue weighted by Crippen LogP contribution is -2.51. The Morgan fingerprint density at radius 2 is 1.73 bits per heavy atom. The summed E-state index contributed by atoms with van der Waals surface area (Å²) in [7, 11) is 0. The first-order valence-corrected chi connectivity index (χ1v) is 7.79. The van der Waals surface area contributed by atoms with Gasteiger partial charge in [-0.3, -0.25) is 20.2 Å². The van der Waals surface area contributed by atoms with Gasteiger partial charge in [-0.05, 0) is 48.6 Å². The maximum Gasteiger partial charge on any atom is 0.417 e. The van der Waals surface area contributed by atoms with Crippen molar-refractivity contribution in [1.82, 2.24) is 10.6 Å². The first kappa shape index (κ1) is 18.2. The van der Waals surface area contributed by atoms with Gasteiger partial charge in [0.1, 0.15) is 17.1 Å². The Morgan fingerprint density at radius 1 is 1.08 bits per heavy atom. The van der Waals surface area contributed by atoms with Crippen molar-refractivity contribution in [3.8, 4) is 11.3 Å². The highest BCUT2D eigenvalue weighted by molar-refractivity contribution is 7.80. The van der Waals surface area contributed by atoms with E-state index < -0.39 is 23.6 Å². The Labute approximate surface area is 154 Å². The van der Waals surface area contributed by atoms with Gasteiger partial charge in [0.25, 0.3) is 11.8 Å². The second-order valence-corrected chi connectivity index (χ2v) is 6.03. The molecule has 0 saturated carbocycles. The van der Waals surface area contributed by atoms with Gasteiger partial charge in [-0.1, -0.05) is 11.6 Å². The van der Waals surface area contributed by atoms with Crippen molar-refractivity contribution in [1.29, 1.82) is 0 Å². The van der Waals surface area contributed by atoms with Gasteiger partial charge in [0.05, 0.1) is 5.56 Å². The van der Waals surface area contributed by atoms with Gasteiger partial charge >= 0.3 is 6.18 Å². The summed E-state index contributed by atoms with van der Waals surface area (Å²) in [6, 6.07) is 5.91. The molecule has 0 bridgehead atoms. The number of amides is 2. The van der Waals surface area contributed by atoms with Crippen molar-refractivity contribution in [3.05, 3.63) is 52.3 Å². The molecule has 1 aromatic carbocycles. The number of carbonyl (C=O) groups is 2. The lowest BCUT2D eigenvalue weighted by molar-refractivity contribution is -0.137. The van der Waals surface area contributed by atoms with Crippen LogP contribution in [0.25, 0.3) is 17.4 Å². The largest absolute Gasteiger partial charge is 0.457 e. The Bertz CT molecular complexity index is 944. The molecule has 1 aliphatic heterocycles. The van der Waals surface area contributed by atoms with Crippen LogP contribution in [0.2, 0.25) is 5.02 Å². The summed E-state index contributed by atoms with van der Waals surface area (Å²) >= 11 is 10.3. The number of hydrogen-bond donors (Lipinski definition) is 2. The van der Waals surface area contributed by atoms with Gasteiger partial charge in [0, 0.05) is 10.6 Å². The molecule has 2 amide bonds. The number of carbonyl (C=O) groups excluding carboxylic acids is 2. The van der Waals surface area contributed by atoms with Crippen molar-refractivity contribution in [2.45, 2.75) is 6.18 Å². The van der Waals surface area contributed by atoms with Crippen LogP contribution in [0, 0.1) is 0 Å². The van der Waals surface area contributed by atoms with E-state index in [2.05, 4.69) is 22.9 Å². The molecule has 2 aromatic rings. The Kier molecular flexibility index (Phi) is 4.59. The van der Waals surface area contributed by atoms with Crippen LogP contribution in [0.5, 0.6) is 0 Å². The molecule has 5 nitrogen and oxygen atoms in total. The van der Waals surface area contributed by atoms with Crippen LogP contribution < -0.4 is 10.6 Å². The minimum atomic E-state index is -4.63. The molecule has 0 atom stereocenters. The fraction of sp³-hybridized carbons (Fsp3) is 0.0625. The molecule has 1 aromatic heterocycles. The Balaban J connectivity index is 1.99. The number of nitrogens with one attached hydrogen (secondary N) is 2. The number of thiocarbonyl (C=S) groups is 1. The van der Waals surface area contributed by atoms with Crippen LogP contribution in [-0.2, 0) is 15.8 Å². The summed E-state index contributed by atoms with van der Waals surface area (Å²) in [6.45, 7) is 0. The molecule has 134 valence electrons. The lowest BCUT2D eigenvalue weighted by Gasteiger charge is -2.15. The average Bonchev–Trinajstić information content (AvgIpc) is 2.98. The lowest BCUT2D eigenvalue weighted by atomic mass is 10.1. The third-order valence-corrected chi connectivity index (χ3v) is 3.85. The molecule has 1 aliphatic rings. The van der Waals surface area contributed by atoms with Gasteiger partial charge in [0.2, 0.25) is 0 Å². The van der Waals surface area contributed by atoms with Crippen LogP contribution in [-0.4, -0.2) is 16.9 Å². The molecule has 0 aliphatic carbocycles. The van der Waals surface area contributed by atoms with E-state index in [1.807, 2.05) is 0 Å². The molecule has 2 N–H and O–H groups in total. The number of benzene rings is 1. The Hall–Kier alpha value is -2.65. The average molecular weight is 401 g/mol. The van der Waals surface area contributed by atoms with E-state index in [-0.39, 0.29) is 32.8 Å². The third-order valence-electron chi connectivity index (χ3n) is 3.41. The van der Waals surface area contributed by atoms with Crippen LogP contribution in [0.1, 0.15) is 11.3 Å². The van der Waals surface area contributed by atoms with E-state index in [1.165, 1.54) is 24.3 Å². The summed E-state index contributed by atoms with van der Waals surface area (Å²) in [5.41, 5.74) is -1.46. The summed E-state index contributed by atoms with van der Waals surface area (Å²) in [5.74, 6) is -1.54. The first-order valence-electron chi connectivity index (χ1n) is 7.00. The summed E-state index contributed by atoms with van der Waals surface area (Å²) in [6.07, 6.45) is -3.52. The van der Waals surface area contributed by atoms with E-state index in [4.69, 9.17) is 16.0 Å². The van der Waals surface area contributed by atoms with Crippen molar-refractivity contribution < 1.29 is 27.2 Å². The topological polar surface area (TPSA) is 71.3 Å². The molecule has 3 rings (SSSR count). The highest BCUT2D eigenvalue weighted by Gasteiger charge is 2.35. The van der Waals surface area contributed by atoms with E-state index in [9.17, 15) is 22.8 Å². The molecular weight excluding hydrogens is 393 g/mol. The number of rotatable bonds is 2. The predicted molar refractivity (Wildman–Crippen MR) is 91.0 cm³/mol. The highest BCUT2D eigenvalue weighted by atomic mass is 35.5. The highest BCUT2D eigenvalue weighted by Crippen LogP contribution is 2.39. The van der Waals surface area contributed by atoms with Gasteiger partial charge in [-0.2, -0.15) is 13.2 Å². The van der Waals surface area contributed by atoms with Crippen LogP contribution in [0.4, 0.5) is 13.2 Å². The van der Waals surface area contributed by atoms with Gasteiger partial charge in [0.15, 0.2) is 5.11 Å². The quantitative estimate of drug-likeness (QED) is 0.459. The molecule has 1 saturated heterocycles. The monoisotopic (exact) mass is 400 g/mol. The Morgan fingerprint density at radius 3 is 2.35 bits per heavy atom. The molecule has 1 fully saturated rings. The summed E-state index contributed by atoms with van der Waals surface area (Å²) in [4.78, 5) is 23.6. The summed E-state index contributed by atoms with van der Waals surface area (Å²) < 4.78 is 45.0. The number of hydrogen-bond acceptors (Lipinski definition) is 4. The minimum Gasteiger partial charge on any atom is -0.457 e. The van der Waals surface area contributed by atoms with Crippen molar-refractivity contribution >= 4 is 46.8 Å². The zero-order chi connectivity index (χ0) is 19.1. The molecule has 26 heavy (non-hydrogen) atoms. The van der Waals surface area contributed by atoms with E-state index in [0.717, 1.165) is 12.1 Å². The second kappa shape index (κ2) is 6.58. The number of halogens is 4. The number of alkyl halides is 3. The molecule has 0 unspecified atom stereocenters. The summed E-state index contributed by atoms with van der Waals surface area (Å²) in [5, 5.41) is 4.28. The second-order valence-electron chi connectivity index (χ2n) is 5.19. The van der Waals surface area contributed by atoms with Gasteiger partial charge in [-0.15, -0.1) is 0 Å². The maximum atomic E-state index is 13.2. The van der Waals surface area contributed by atoms with Crippen molar-refractivity contribution in [2.75, 3.05) is 0 Å². The molecule has 10 heteroatoms. The smallest absolute Gasteiger partial charge is 0.417 e. The number of furan rings is 1. The van der Waals surface area contributed by atoms with Gasteiger partial charge in [-0.25, -0.2) is 0 Å². The van der Waals surface area contributed by atoms with E-state index in [1.54, 1.807) is 0 Å². The van der Waals surface area contributed by atoms with Gasteiger partial charge < -0.3 is 4.42 Å². The van der Waals surface area contributed by atoms with E-state index in [0.29, 0.717) is 0 Å². The molecular formula is C16H8ClF3N2O3S. The fourth-order valence-electron chi connectivity index (χ4n) is 2.29. The maximum absolute atomic E-state index is 13.2.